The highest BCUT2D eigenvalue weighted by Crippen LogP contribution is 2.29. The van der Waals surface area contributed by atoms with Crippen molar-refractivity contribution in [2.45, 2.75) is 77.9 Å². The zero-order valence-corrected chi connectivity index (χ0v) is 12.8. The normalized spacial score (nSPS) is 28.8. The van der Waals surface area contributed by atoms with Gasteiger partial charge < -0.3 is 5.32 Å². The van der Waals surface area contributed by atoms with E-state index in [0.717, 1.165) is 30.0 Å². The Kier molecular flexibility index (Phi) is 5.08. The van der Waals surface area contributed by atoms with Crippen LogP contribution < -0.4 is 5.32 Å². The van der Waals surface area contributed by atoms with E-state index in [4.69, 9.17) is 0 Å². The topological polar surface area (TPSA) is 15.3 Å². The minimum Gasteiger partial charge on any atom is -0.310 e. The summed E-state index contributed by atoms with van der Waals surface area (Å²) in [6.07, 6.45) is 6.88. The minimum atomic E-state index is 0.732. The van der Waals surface area contributed by atoms with Gasteiger partial charge in [0.2, 0.25) is 0 Å². The van der Waals surface area contributed by atoms with E-state index >= 15 is 0 Å². The van der Waals surface area contributed by atoms with Gasteiger partial charge in [0.05, 0.1) is 0 Å². The molecular weight excluding hydrogens is 220 g/mol. The molecule has 1 N–H and O–H groups in total. The fourth-order valence-corrected chi connectivity index (χ4v) is 3.95. The van der Waals surface area contributed by atoms with Gasteiger partial charge in [-0.1, -0.05) is 27.7 Å². The number of fused-ring (bicyclic) bond motifs is 1. The third kappa shape index (κ3) is 3.71. The molecule has 0 spiro atoms. The van der Waals surface area contributed by atoms with Crippen molar-refractivity contribution in [2.24, 2.45) is 11.8 Å². The zero-order valence-electron chi connectivity index (χ0n) is 12.8. The van der Waals surface area contributed by atoms with Crippen LogP contribution in [0.2, 0.25) is 0 Å². The monoisotopic (exact) mass is 252 g/mol. The number of nitrogens with zero attached hydrogens (tertiary/aromatic N) is 1. The highest BCUT2D eigenvalue weighted by Gasteiger charge is 2.37. The summed E-state index contributed by atoms with van der Waals surface area (Å²) in [7, 11) is 0. The van der Waals surface area contributed by atoms with Crippen molar-refractivity contribution in [3.63, 3.8) is 0 Å². The molecule has 0 aromatic rings. The Balaban J connectivity index is 1.87. The van der Waals surface area contributed by atoms with Crippen LogP contribution in [0.5, 0.6) is 0 Å². The van der Waals surface area contributed by atoms with E-state index in [0.29, 0.717) is 0 Å². The van der Waals surface area contributed by atoms with Gasteiger partial charge in [0.15, 0.2) is 0 Å². The number of hydrogen-bond acceptors (Lipinski definition) is 2. The summed E-state index contributed by atoms with van der Waals surface area (Å²) in [5.74, 6) is 1.62. The first-order valence-electron chi connectivity index (χ1n) is 8.06. The lowest BCUT2D eigenvalue weighted by atomic mass is 9.94. The Bertz CT molecular complexity index is 239. The number of hydrogen-bond donors (Lipinski definition) is 1. The Morgan fingerprint density at radius 3 is 2.28 bits per heavy atom. The molecule has 2 rings (SSSR count). The van der Waals surface area contributed by atoms with Gasteiger partial charge in [-0.15, -0.1) is 0 Å². The van der Waals surface area contributed by atoms with Gasteiger partial charge in [-0.25, -0.2) is 0 Å². The van der Waals surface area contributed by atoms with E-state index in [2.05, 4.69) is 37.9 Å². The molecule has 2 heterocycles. The largest absolute Gasteiger partial charge is 0.310 e. The molecule has 2 unspecified atom stereocenters. The molecular formula is C16H32N2. The molecule has 0 saturated carbocycles. The first kappa shape index (κ1) is 14.3. The summed E-state index contributed by atoms with van der Waals surface area (Å²) in [6.45, 7) is 12.1. The molecule has 18 heavy (non-hydrogen) atoms. The molecule has 106 valence electrons. The van der Waals surface area contributed by atoms with Crippen molar-refractivity contribution in [3.8, 4) is 0 Å². The van der Waals surface area contributed by atoms with E-state index in [9.17, 15) is 0 Å². The van der Waals surface area contributed by atoms with Crippen molar-refractivity contribution in [1.82, 2.24) is 10.2 Å². The van der Waals surface area contributed by atoms with Crippen LogP contribution in [0.4, 0.5) is 0 Å². The average Bonchev–Trinajstić information content (AvgIpc) is 2.80. The molecule has 2 fully saturated rings. The molecule has 2 atom stereocenters. The van der Waals surface area contributed by atoms with E-state index in [1.807, 2.05) is 0 Å². The molecule has 0 bridgehead atoms. The average molecular weight is 252 g/mol. The third-order valence-electron chi connectivity index (χ3n) is 4.57. The summed E-state index contributed by atoms with van der Waals surface area (Å²) in [5.41, 5.74) is 0. The molecule has 0 aromatic heterocycles. The Hall–Kier alpha value is -0.0800. The van der Waals surface area contributed by atoms with E-state index in [1.54, 1.807) is 0 Å². The molecule has 2 heteroatoms. The standard InChI is InChI=1S/C16H32N2/c1-12(2)10-14(11-13(3)4)17-15-7-9-18-8-5-6-16(15)18/h12-17H,5-11H2,1-4H3. The maximum Gasteiger partial charge on any atom is 0.0250 e. The minimum absolute atomic E-state index is 0.732. The molecule has 2 nitrogen and oxygen atoms in total. The van der Waals surface area contributed by atoms with Crippen LogP contribution in [0.15, 0.2) is 0 Å². The maximum absolute atomic E-state index is 4.01. The molecule has 0 aromatic carbocycles. The molecule has 2 aliphatic rings. The second-order valence-corrected chi connectivity index (χ2v) is 7.26. The first-order valence-corrected chi connectivity index (χ1v) is 8.06. The van der Waals surface area contributed by atoms with Gasteiger partial charge in [0, 0.05) is 24.7 Å². The van der Waals surface area contributed by atoms with Crippen LogP contribution in [0.1, 0.15) is 59.8 Å². The smallest absolute Gasteiger partial charge is 0.0250 e. The highest BCUT2D eigenvalue weighted by atomic mass is 15.2. The second-order valence-electron chi connectivity index (χ2n) is 7.26. The Morgan fingerprint density at radius 1 is 1.00 bits per heavy atom. The zero-order chi connectivity index (χ0) is 13.1. The van der Waals surface area contributed by atoms with Crippen LogP contribution in [0, 0.1) is 11.8 Å². The summed E-state index contributed by atoms with van der Waals surface area (Å²) >= 11 is 0. The highest BCUT2D eigenvalue weighted by molar-refractivity contribution is 4.96. The lowest BCUT2D eigenvalue weighted by Gasteiger charge is -2.29. The maximum atomic E-state index is 4.01. The molecule has 2 aliphatic heterocycles. The molecule has 0 aliphatic carbocycles. The van der Waals surface area contributed by atoms with Crippen molar-refractivity contribution < 1.29 is 0 Å². The predicted octanol–water partition coefficient (Wildman–Crippen LogP) is 3.27. The quantitative estimate of drug-likeness (QED) is 0.780. The van der Waals surface area contributed by atoms with Gasteiger partial charge in [-0.3, -0.25) is 4.90 Å². The van der Waals surface area contributed by atoms with Crippen molar-refractivity contribution in [1.29, 1.82) is 0 Å². The third-order valence-corrected chi connectivity index (χ3v) is 4.57. The van der Waals surface area contributed by atoms with E-state index < -0.39 is 0 Å². The molecule has 0 amide bonds. The van der Waals surface area contributed by atoms with Gasteiger partial charge in [0.1, 0.15) is 0 Å². The Morgan fingerprint density at radius 2 is 1.67 bits per heavy atom. The van der Waals surface area contributed by atoms with Crippen molar-refractivity contribution >= 4 is 0 Å². The van der Waals surface area contributed by atoms with Gasteiger partial charge in [-0.05, 0) is 50.5 Å². The van der Waals surface area contributed by atoms with E-state index in [1.165, 1.54) is 45.2 Å². The molecule has 2 saturated heterocycles. The first-order chi connectivity index (χ1) is 8.56. The van der Waals surface area contributed by atoms with Crippen LogP contribution in [-0.2, 0) is 0 Å². The predicted molar refractivity (Wildman–Crippen MR) is 78.8 cm³/mol. The van der Waals surface area contributed by atoms with Crippen LogP contribution in [0.3, 0.4) is 0 Å². The molecule has 0 radical (unpaired) electrons. The van der Waals surface area contributed by atoms with Crippen molar-refractivity contribution in [3.05, 3.63) is 0 Å². The summed E-state index contributed by atoms with van der Waals surface area (Å²) in [5, 5.41) is 4.01. The van der Waals surface area contributed by atoms with E-state index in [-0.39, 0.29) is 0 Å². The van der Waals surface area contributed by atoms with Crippen LogP contribution in [0.25, 0.3) is 0 Å². The summed E-state index contributed by atoms with van der Waals surface area (Å²) < 4.78 is 0. The number of rotatable bonds is 6. The number of nitrogens with one attached hydrogen (secondary N) is 1. The second kappa shape index (κ2) is 6.38. The van der Waals surface area contributed by atoms with Gasteiger partial charge in [0.25, 0.3) is 0 Å². The van der Waals surface area contributed by atoms with Crippen molar-refractivity contribution in [2.75, 3.05) is 13.1 Å². The van der Waals surface area contributed by atoms with Crippen LogP contribution >= 0.6 is 0 Å². The Labute approximate surface area is 114 Å². The summed E-state index contributed by atoms with van der Waals surface area (Å²) in [6, 6.07) is 2.36. The summed E-state index contributed by atoms with van der Waals surface area (Å²) in [4.78, 5) is 2.71. The fourth-order valence-electron chi connectivity index (χ4n) is 3.95. The lowest BCUT2D eigenvalue weighted by molar-refractivity contribution is 0.267. The SMILES string of the molecule is CC(C)CC(CC(C)C)NC1CCN2CCCC12. The van der Waals surface area contributed by atoms with Crippen LogP contribution in [-0.4, -0.2) is 36.1 Å². The van der Waals surface area contributed by atoms with Gasteiger partial charge >= 0.3 is 0 Å². The fraction of sp³-hybridized carbons (Fsp3) is 1.00. The van der Waals surface area contributed by atoms with Gasteiger partial charge in [-0.2, -0.15) is 0 Å². The lowest BCUT2D eigenvalue weighted by Crippen LogP contribution is -2.45.